The van der Waals surface area contributed by atoms with Crippen LogP contribution < -0.4 is 5.32 Å². The Labute approximate surface area is 102 Å². The summed E-state index contributed by atoms with van der Waals surface area (Å²) in [6.45, 7) is 4.60. The molecule has 1 aliphatic heterocycles. The molecule has 0 saturated carbocycles. The molecule has 0 amide bonds. The maximum Gasteiger partial charge on any atom is 0.00695 e. The molecular formula is C13H28ClN. The Hall–Kier alpha value is 0.250. The Morgan fingerprint density at radius 1 is 1.07 bits per heavy atom. The monoisotopic (exact) mass is 233 g/mol. The van der Waals surface area contributed by atoms with E-state index in [1.165, 1.54) is 57.8 Å². The third-order valence-corrected chi connectivity index (χ3v) is 3.37. The third kappa shape index (κ3) is 7.19. The number of hydrogen-bond donors (Lipinski definition) is 1. The summed E-state index contributed by atoms with van der Waals surface area (Å²) in [5, 5.41) is 3.71. The van der Waals surface area contributed by atoms with Crippen molar-refractivity contribution in [2.24, 2.45) is 0 Å². The van der Waals surface area contributed by atoms with Gasteiger partial charge < -0.3 is 5.32 Å². The molecule has 0 aromatic rings. The lowest BCUT2D eigenvalue weighted by Crippen LogP contribution is -2.40. The van der Waals surface area contributed by atoms with Gasteiger partial charge in [0.2, 0.25) is 0 Å². The maximum atomic E-state index is 3.71. The molecule has 92 valence electrons. The van der Waals surface area contributed by atoms with Gasteiger partial charge in [-0.25, -0.2) is 0 Å². The number of hydrogen-bond acceptors (Lipinski definition) is 1. The molecule has 1 nitrogen and oxygen atoms in total. The molecule has 0 aliphatic carbocycles. The van der Waals surface area contributed by atoms with E-state index < -0.39 is 0 Å². The Kier molecular flexibility index (Phi) is 9.63. The summed E-state index contributed by atoms with van der Waals surface area (Å²) in [5.74, 6) is 0. The molecule has 1 fully saturated rings. The van der Waals surface area contributed by atoms with Gasteiger partial charge in [-0.05, 0) is 26.2 Å². The van der Waals surface area contributed by atoms with Gasteiger partial charge in [-0.3, -0.25) is 0 Å². The molecule has 1 rings (SSSR count). The van der Waals surface area contributed by atoms with Gasteiger partial charge in [-0.15, -0.1) is 12.4 Å². The lowest BCUT2D eigenvalue weighted by molar-refractivity contribution is 0.315. The number of unbranched alkanes of at least 4 members (excludes halogenated alkanes) is 4. The highest BCUT2D eigenvalue weighted by Crippen LogP contribution is 2.17. The molecule has 1 saturated heterocycles. The van der Waals surface area contributed by atoms with Gasteiger partial charge in [0.15, 0.2) is 0 Å². The van der Waals surface area contributed by atoms with Gasteiger partial charge in [0.1, 0.15) is 0 Å². The van der Waals surface area contributed by atoms with Gasteiger partial charge in [-0.2, -0.15) is 0 Å². The minimum absolute atomic E-state index is 0. The van der Waals surface area contributed by atoms with Crippen LogP contribution in [0.4, 0.5) is 0 Å². The van der Waals surface area contributed by atoms with Gasteiger partial charge in [-0.1, -0.05) is 45.4 Å². The average molecular weight is 234 g/mol. The molecule has 0 aromatic heterocycles. The normalized spacial score (nSPS) is 26.0. The van der Waals surface area contributed by atoms with Crippen LogP contribution in [0, 0.1) is 0 Å². The minimum atomic E-state index is 0. The van der Waals surface area contributed by atoms with E-state index in [9.17, 15) is 0 Å². The van der Waals surface area contributed by atoms with E-state index in [-0.39, 0.29) is 12.4 Å². The topological polar surface area (TPSA) is 12.0 Å². The summed E-state index contributed by atoms with van der Waals surface area (Å²) in [5.41, 5.74) is 0. The first-order valence-corrected chi connectivity index (χ1v) is 6.59. The van der Waals surface area contributed by atoms with Crippen molar-refractivity contribution in [2.75, 3.05) is 0 Å². The fourth-order valence-electron chi connectivity index (χ4n) is 2.46. The highest BCUT2D eigenvalue weighted by Gasteiger charge is 2.16. The quantitative estimate of drug-likeness (QED) is 0.675. The molecule has 0 unspecified atom stereocenters. The number of nitrogens with one attached hydrogen (secondary N) is 1. The average Bonchev–Trinajstić information content (AvgIpc) is 2.18. The zero-order chi connectivity index (χ0) is 10.2. The van der Waals surface area contributed by atoms with Crippen LogP contribution in [0.15, 0.2) is 0 Å². The molecule has 1 aliphatic rings. The van der Waals surface area contributed by atoms with Crippen LogP contribution in [0.5, 0.6) is 0 Å². The summed E-state index contributed by atoms with van der Waals surface area (Å²) >= 11 is 0. The molecule has 15 heavy (non-hydrogen) atoms. The summed E-state index contributed by atoms with van der Waals surface area (Å²) in [6.07, 6.45) is 12.8. The predicted octanol–water partition coefficient (Wildman–Crippen LogP) is 4.30. The van der Waals surface area contributed by atoms with Crippen molar-refractivity contribution in [1.29, 1.82) is 0 Å². The van der Waals surface area contributed by atoms with Crippen LogP contribution >= 0.6 is 12.4 Å². The fraction of sp³-hybridized carbons (Fsp3) is 1.00. The summed E-state index contributed by atoms with van der Waals surface area (Å²) in [7, 11) is 0. The second-order valence-corrected chi connectivity index (χ2v) is 4.90. The van der Waals surface area contributed by atoms with E-state index in [1.54, 1.807) is 0 Å². The number of rotatable bonds is 6. The molecule has 0 aromatic carbocycles. The largest absolute Gasteiger partial charge is 0.312 e. The van der Waals surface area contributed by atoms with Crippen molar-refractivity contribution in [3.63, 3.8) is 0 Å². The fourth-order valence-corrected chi connectivity index (χ4v) is 2.46. The third-order valence-electron chi connectivity index (χ3n) is 3.37. The predicted molar refractivity (Wildman–Crippen MR) is 70.9 cm³/mol. The summed E-state index contributed by atoms with van der Waals surface area (Å²) in [4.78, 5) is 0. The number of piperidine rings is 1. The highest BCUT2D eigenvalue weighted by atomic mass is 35.5. The molecular weight excluding hydrogens is 206 g/mol. The smallest absolute Gasteiger partial charge is 0.00695 e. The van der Waals surface area contributed by atoms with Crippen molar-refractivity contribution in [3.8, 4) is 0 Å². The molecule has 2 heteroatoms. The molecule has 0 radical (unpaired) electrons. The van der Waals surface area contributed by atoms with Crippen molar-refractivity contribution >= 4 is 12.4 Å². The maximum absolute atomic E-state index is 3.71. The Morgan fingerprint density at radius 3 is 2.47 bits per heavy atom. The van der Waals surface area contributed by atoms with Crippen LogP contribution in [0.25, 0.3) is 0 Å². The van der Waals surface area contributed by atoms with Crippen LogP contribution in [0.2, 0.25) is 0 Å². The van der Waals surface area contributed by atoms with Crippen molar-refractivity contribution in [2.45, 2.75) is 83.7 Å². The van der Waals surface area contributed by atoms with E-state index >= 15 is 0 Å². The summed E-state index contributed by atoms with van der Waals surface area (Å²) in [6, 6.07) is 1.60. The first kappa shape index (κ1) is 15.2. The molecule has 2 atom stereocenters. The Bertz CT molecular complexity index is 138. The van der Waals surface area contributed by atoms with E-state index in [4.69, 9.17) is 0 Å². The molecule has 0 spiro atoms. The lowest BCUT2D eigenvalue weighted by Gasteiger charge is -2.28. The van der Waals surface area contributed by atoms with E-state index in [0.29, 0.717) is 0 Å². The van der Waals surface area contributed by atoms with Crippen LogP contribution in [0.1, 0.15) is 71.6 Å². The molecule has 0 bridgehead atoms. The standard InChI is InChI=1S/C13H27N.ClH/c1-3-4-5-6-7-10-13-11-8-9-12(2)14-13;/h12-14H,3-11H2,1-2H3;1H/t12-,13-;/m1./s1. The van der Waals surface area contributed by atoms with Crippen molar-refractivity contribution in [1.82, 2.24) is 5.32 Å². The van der Waals surface area contributed by atoms with E-state index in [2.05, 4.69) is 19.2 Å². The second kappa shape index (κ2) is 9.47. The Morgan fingerprint density at radius 2 is 1.80 bits per heavy atom. The number of halogens is 1. The lowest BCUT2D eigenvalue weighted by atomic mass is 9.95. The SMILES string of the molecule is CCCCCCC[C@@H]1CCC[C@@H](C)N1.Cl. The second-order valence-electron chi connectivity index (χ2n) is 4.90. The van der Waals surface area contributed by atoms with Gasteiger partial charge in [0, 0.05) is 12.1 Å². The van der Waals surface area contributed by atoms with Crippen LogP contribution in [-0.2, 0) is 0 Å². The van der Waals surface area contributed by atoms with Crippen LogP contribution in [0.3, 0.4) is 0 Å². The first-order chi connectivity index (χ1) is 6.83. The van der Waals surface area contributed by atoms with Gasteiger partial charge >= 0.3 is 0 Å². The molecule has 1 N–H and O–H groups in total. The van der Waals surface area contributed by atoms with Crippen molar-refractivity contribution < 1.29 is 0 Å². The Balaban J connectivity index is 0.00000196. The van der Waals surface area contributed by atoms with E-state index in [0.717, 1.165) is 12.1 Å². The molecule has 1 heterocycles. The first-order valence-electron chi connectivity index (χ1n) is 6.59. The van der Waals surface area contributed by atoms with Gasteiger partial charge in [0.25, 0.3) is 0 Å². The van der Waals surface area contributed by atoms with Crippen molar-refractivity contribution in [3.05, 3.63) is 0 Å². The van der Waals surface area contributed by atoms with Gasteiger partial charge in [0.05, 0.1) is 0 Å². The zero-order valence-electron chi connectivity index (χ0n) is 10.4. The van der Waals surface area contributed by atoms with Crippen LogP contribution in [-0.4, -0.2) is 12.1 Å². The summed E-state index contributed by atoms with van der Waals surface area (Å²) < 4.78 is 0. The minimum Gasteiger partial charge on any atom is -0.312 e. The van der Waals surface area contributed by atoms with E-state index in [1.807, 2.05) is 0 Å². The highest BCUT2D eigenvalue weighted by molar-refractivity contribution is 5.85. The zero-order valence-corrected chi connectivity index (χ0v) is 11.2.